The zero-order valence-corrected chi connectivity index (χ0v) is 35.2. The van der Waals surface area contributed by atoms with E-state index in [-0.39, 0.29) is 24.9 Å². The molecule has 3 atom stereocenters. The van der Waals surface area contributed by atoms with Gasteiger partial charge in [0.25, 0.3) is 0 Å². The topological polar surface area (TPSA) is 95.9 Å². The number of ether oxygens (including phenoxy) is 1. The minimum atomic E-state index is -0.776. The highest BCUT2D eigenvalue weighted by atomic mass is 16.5. The summed E-state index contributed by atoms with van der Waals surface area (Å²) in [6.07, 6.45) is 41.6. The number of hydrogen-bond acceptors (Lipinski definition) is 5. The van der Waals surface area contributed by atoms with E-state index in [1.807, 2.05) is 0 Å². The zero-order chi connectivity index (χ0) is 38.2. The van der Waals surface area contributed by atoms with Crippen LogP contribution < -0.4 is 5.32 Å². The van der Waals surface area contributed by atoms with Crippen molar-refractivity contribution < 1.29 is 24.5 Å². The smallest absolute Gasteiger partial charge is 0.306 e. The van der Waals surface area contributed by atoms with E-state index in [0.717, 1.165) is 44.9 Å². The van der Waals surface area contributed by atoms with E-state index in [1.165, 1.54) is 167 Å². The maximum atomic E-state index is 13.1. The van der Waals surface area contributed by atoms with Crippen molar-refractivity contribution in [2.75, 3.05) is 6.61 Å². The molecule has 0 aromatic carbocycles. The fraction of sp³-hybridized carbons (Fsp3) is 0.957. The predicted molar refractivity (Wildman–Crippen MR) is 223 cm³/mol. The van der Waals surface area contributed by atoms with Crippen LogP contribution in [0.4, 0.5) is 0 Å². The van der Waals surface area contributed by atoms with Gasteiger partial charge in [-0.05, 0) is 25.7 Å². The summed E-state index contributed by atoms with van der Waals surface area (Å²) in [4.78, 5) is 25.9. The lowest BCUT2D eigenvalue weighted by Crippen LogP contribution is -2.46. The van der Waals surface area contributed by atoms with Gasteiger partial charge in [0.05, 0.1) is 25.2 Å². The fourth-order valence-electron chi connectivity index (χ4n) is 7.37. The Bertz CT molecular complexity index is 746. The third-order valence-electron chi connectivity index (χ3n) is 10.9. The Labute approximate surface area is 324 Å². The molecule has 1 amide bonds. The Morgan fingerprint density at radius 1 is 0.481 bits per heavy atom. The van der Waals surface area contributed by atoms with Crippen molar-refractivity contribution in [1.29, 1.82) is 0 Å². The standard InChI is InChI=1S/C46H91NO5/c1-4-7-10-13-16-19-22-24-25-28-31-34-37-42(52-46(51)39-36-33-30-27-23-20-17-14-11-8-5-2)40-45(50)47-43(41-48)44(49)38-35-32-29-26-21-18-15-12-9-6-3/h42-44,48-49H,4-41H2,1-3H3,(H,47,50). The third kappa shape index (κ3) is 35.9. The van der Waals surface area contributed by atoms with Gasteiger partial charge in [0.1, 0.15) is 6.10 Å². The molecule has 0 heterocycles. The molecular formula is C46H91NO5. The summed E-state index contributed by atoms with van der Waals surface area (Å²) in [5.41, 5.74) is 0. The Morgan fingerprint density at radius 3 is 1.17 bits per heavy atom. The number of carbonyl (C=O) groups is 2. The lowest BCUT2D eigenvalue weighted by atomic mass is 10.0. The van der Waals surface area contributed by atoms with E-state index in [2.05, 4.69) is 26.1 Å². The molecule has 6 nitrogen and oxygen atoms in total. The van der Waals surface area contributed by atoms with E-state index < -0.39 is 18.2 Å². The second kappa shape index (κ2) is 41.0. The van der Waals surface area contributed by atoms with E-state index >= 15 is 0 Å². The second-order valence-corrected chi connectivity index (χ2v) is 16.2. The van der Waals surface area contributed by atoms with Crippen molar-refractivity contribution in [2.45, 2.75) is 277 Å². The van der Waals surface area contributed by atoms with Crippen molar-refractivity contribution in [1.82, 2.24) is 5.32 Å². The molecule has 0 aromatic rings. The minimum Gasteiger partial charge on any atom is -0.462 e. The summed E-state index contributed by atoms with van der Waals surface area (Å²) in [7, 11) is 0. The Morgan fingerprint density at radius 2 is 0.808 bits per heavy atom. The van der Waals surface area contributed by atoms with Crippen molar-refractivity contribution in [3.63, 3.8) is 0 Å². The van der Waals surface area contributed by atoms with Crippen LogP contribution in [-0.2, 0) is 14.3 Å². The molecule has 0 aliphatic rings. The average molecular weight is 738 g/mol. The first-order valence-electron chi connectivity index (χ1n) is 23.3. The largest absolute Gasteiger partial charge is 0.462 e. The summed E-state index contributed by atoms with van der Waals surface area (Å²) >= 11 is 0. The molecule has 0 fully saturated rings. The van der Waals surface area contributed by atoms with Gasteiger partial charge in [-0.15, -0.1) is 0 Å². The fourth-order valence-corrected chi connectivity index (χ4v) is 7.37. The van der Waals surface area contributed by atoms with Crippen LogP contribution in [0.2, 0.25) is 0 Å². The molecule has 0 rings (SSSR count). The van der Waals surface area contributed by atoms with Crippen LogP contribution in [0, 0.1) is 0 Å². The maximum Gasteiger partial charge on any atom is 0.306 e. The first-order valence-corrected chi connectivity index (χ1v) is 23.3. The first kappa shape index (κ1) is 50.9. The number of rotatable bonds is 42. The molecule has 0 radical (unpaired) electrons. The molecule has 52 heavy (non-hydrogen) atoms. The zero-order valence-electron chi connectivity index (χ0n) is 35.2. The number of aliphatic hydroxyl groups excluding tert-OH is 2. The van der Waals surface area contributed by atoms with Crippen LogP contribution in [0.15, 0.2) is 0 Å². The highest BCUT2D eigenvalue weighted by Crippen LogP contribution is 2.18. The van der Waals surface area contributed by atoms with Crippen LogP contribution in [0.25, 0.3) is 0 Å². The molecule has 0 saturated carbocycles. The molecular weight excluding hydrogens is 647 g/mol. The Hall–Kier alpha value is -1.14. The second-order valence-electron chi connectivity index (χ2n) is 16.2. The van der Waals surface area contributed by atoms with Crippen LogP contribution in [0.1, 0.15) is 258 Å². The van der Waals surface area contributed by atoms with Gasteiger partial charge >= 0.3 is 5.97 Å². The molecule has 6 heteroatoms. The number of unbranched alkanes of at least 4 members (excludes halogenated alkanes) is 30. The van der Waals surface area contributed by atoms with Gasteiger partial charge in [-0.1, -0.05) is 220 Å². The average Bonchev–Trinajstić information content (AvgIpc) is 3.13. The molecule has 0 aliphatic heterocycles. The molecule has 0 bridgehead atoms. The summed E-state index contributed by atoms with van der Waals surface area (Å²) < 4.78 is 5.90. The SMILES string of the molecule is CCCCCCCCCCCCCCC(CC(=O)NC(CO)C(O)CCCCCCCCCCCC)OC(=O)CCCCCCCCCCCCC. The van der Waals surface area contributed by atoms with Crippen molar-refractivity contribution >= 4 is 11.9 Å². The van der Waals surface area contributed by atoms with Crippen LogP contribution >= 0.6 is 0 Å². The van der Waals surface area contributed by atoms with Crippen molar-refractivity contribution in [2.24, 2.45) is 0 Å². The highest BCUT2D eigenvalue weighted by Gasteiger charge is 2.24. The van der Waals surface area contributed by atoms with E-state index in [1.54, 1.807) is 0 Å². The van der Waals surface area contributed by atoms with Crippen LogP contribution in [0.3, 0.4) is 0 Å². The lowest BCUT2D eigenvalue weighted by Gasteiger charge is -2.24. The Kier molecular flexibility index (Phi) is 40.1. The predicted octanol–water partition coefficient (Wildman–Crippen LogP) is 13.2. The first-order chi connectivity index (χ1) is 25.5. The van der Waals surface area contributed by atoms with E-state index in [4.69, 9.17) is 4.74 Å². The molecule has 3 N–H and O–H groups in total. The van der Waals surface area contributed by atoms with Gasteiger partial charge in [-0.25, -0.2) is 0 Å². The summed E-state index contributed by atoms with van der Waals surface area (Å²) in [5.74, 6) is -0.458. The quantitative estimate of drug-likeness (QED) is 0.0428. The molecule has 0 aromatic heterocycles. The van der Waals surface area contributed by atoms with E-state index in [9.17, 15) is 19.8 Å². The number of aliphatic hydroxyl groups is 2. The summed E-state index contributed by atoms with van der Waals surface area (Å²) in [5, 5.41) is 23.6. The Balaban J connectivity index is 4.55. The number of esters is 1. The van der Waals surface area contributed by atoms with Gasteiger partial charge in [-0.2, -0.15) is 0 Å². The van der Waals surface area contributed by atoms with Gasteiger partial charge < -0.3 is 20.3 Å². The molecule has 310 valence electrons. The van der Waals surface area contributed by atoms with Gasteiger partial charge in [0, 0.05) is 6.42 Å². The van der Waals surface area contributed by atoms with E-state index in [0.29, 0.717) is 19.3 Å². The summed E-state index contributed by atoms with van der Waals surface area (Å²) in [6, 6.07) is -0.689. The number of hydrogen-bond donors (Lipinski definition) is 3. The molecule has 0 spiro atoms. The van der Waals surface area contributed by atoms with Crippen molar-refractivity contribution in [3.05, 3.63) is 0 Å². The van der Waals surface area contributed by atoms with Crippen LogP contribution in [-0.4, -0.2) is 46.9 Å². The number of carbonyl (C=O) groups excluding carboxylic acids is 2. The summed E-state index contributed by atoms with van der Waals surface area (Å²) in [6.45, 7) is 6.47. The van der Waals surface area contributed by atoms with Crippen molar-refractivity contribution in [3.8, 4) is 0 Å². The lowest BCUT2D eigenvalue weighted by molar-refractivity contribution is -0.151. The number of nitrogens with one attached hydrogen (secondary N) is 1. The van der Waals surface area contributed by atoms with Gasteiger partial charge in [-0.3, -0.25) is 9.59 Å². The van der Waals surface area contributed by atoms with Gasteiger partial charge in [0.15, 0.2) is 0 Å². The molecule has 0 aliphatic carbocycles. The molecule has 0 saturated heterocycles. The monoisotopic (exact) mass is 738 g/mol. The maximum absolute atomic E-state index is 13.1. The highest BCUT2D eigenvalue weighted by molar-refractivity contribution is 5.77. The van der Waals surface area contributed by atoms with Gasteiger partial charge in [0.2, 0.25) is 5.91 Å². The minimum absolute atomic E-state index is 0.0868. The normalized spacial score (nSPS) is 13.2. The molecule has 3 unspecified atom stereocenters. The van der Waals surface area contributed by atoms with Crippen LogP contribution in [0.5, 0.6) is 0 Å². The number of amides is 1. The third-order valence-corrected chi connectivity index (χ3v) is 10.9.